The number of carbonyl (C=O) groups excluding carboxylic acids is 2. The number of hydrogen-bond acceptors (Lipinski definition) is 3. The number of imide groups is 1. The third-order valence-electron chi connectivity index (χ3n) is 5.72. The van der Waals surface area contributed by atoms with Crippen molar-refractivity contribution in [2.75, 3.05) is 19.6 Å². The molecule has 6 heteroatoms. The number of nitrogens with one attached hydrogen (secondary N) is 1. The zero-order chi connectivity index (χ0) is 17.8. The summed E-state index contributed by atoms with van der Waals surface area (Å²) in [4.78, 5) is 30.8. The van der Waals surface area contributed by atoms with Crippen LogP contribution < -0.4 is 11.1 Å². The van der Waals surface area contributed by atoms with Crippen molar-refractivity contribution in [1.29, 1.82) is 0 Å². The first-order chi connectivity index (χ1) is 12.1. The van der Waals surface area contributed by atoms with E-state index in [1.54, 1.807) is 0 Å². The first kappa shape index (κ1) is 18.0. The van der Waals surface area contributed by atoms with E-state index in [1.807, 2.05) is 0 Å². The van der Waals surface area contributed by atoms with Crippen molar-refractivity contribution in [3.05, 3.63) is 12.2 Å². The fourth-order valence-corrected chi connectivity index (χ4v) is 4.44. The van der Waals surface area contributed by atoms with Crippen LogP contribution in [-0.2, 0) is 9.59 Å². The average molecular weight is 346 g/mol. The van der Waals surface area contributed by atoms with Crippen molar-refractivity contribution in [3.8, 4) is 0 Å². The van der Waals surface area contributed by atoms with Crippen molar-refractivity contribution >= 4 is 17.8 Å². The molecule has 0 aromatic rings. The lowest BCUT2D eigenvalue weighted by Crippen LogP contribution is -2.35. The third-order valence-corrected chi connectivity index (χ3v) is 5.72. The Bertz CT molecular complexity index is 542. The first-order valence-electron chi connectivity index (χ1n) is 9.70. The largest absolute Gasteiger partial charge is 0.370 e. The molecule has 0 aromatic heterocycles. The van der Waals surface area contributed by atoms with E-state index in [9.17, 15) is 9.59 Å². The lowest BCUT2D eigenvalue weighted by atomic mass is 9.85. The maximum absolute atomic E-state index is 12.5. The number of unbranched alkanes of at least 4 members (excludes halogenated alkanes) is 3. The Hall–Kier alpha value is -1.85. The summed E-state index contributed by atoms with van der Waals surface area (Å²) in [6, 6.07) is 0. The van der Waals surface area contributed by atoms with Gasteiger partial charge in [0.1, 0.15) is 0 Å². The molecular weight excluding hydrogens is 316 g/mol. The predicted octanol–water partition coefficient (Wildman–Crippen LogP) is 1.67. The second kappa shape index (κ2) is 8.02. The molecule has 0 radical (unpaired) electrons. The molecule has 2 fully saturated rings. The quantitative estimate of drug-likeness (QED) is 0.219. The van der Waals surface area contributed by atoms with E-state index in [4.69, 9.17) is 5.73 Å². The molecule has 1 saturated heterocycles. The number of nitrogens with zero attached hydrogens (tertiary/aromatic N) is 2. The van der Waals surface area contributed by atoms with Gasteiger partial charge >= 0.3 is 0 Å². The number of allylic oxidation sites excluding steroid dienone is 2. The summed E-state index contributed by atoms with van der Waals surface area (Å²) in [5.74, 6) is 0.871. The Balaban J connectivity index is 1.37. The number of guanidine groups is 1. The minimum Gasteiger partial charge on any atom is -0.370 e. The van der Waals surface area contributed by atoms with Gasteiger partial charge < -0.3 is 11.1 Å². The van der Waals surface area contributed by atoms with E-state index in [-0.39, 0.29) is 35.5 Å². The second-order valence-corrected chi connectivity index (χ2v) is 7.44. The lowest BCUT2D eigenvalue weighted by molar-refractivity contribution is -0.140. The topological polar surface area (TPSA) is 87.8 Å². The van der Waals surface area contributed by atoms with Crippen LogP contribution in [0.25, 0.3) is 0 Å². The van der Waals surface area contributed by atoms with Gasteiger partial charge in [-0.3, -0.25) is 19.5 Å². The molecule has 3 rings (SSSR count). The van der Waals surface area contributed by atoms with Gasteiger partial charge in [0, 0.05) is 19.6 Å². The molecule has 4 unspecified atom stereocenters. The molecule has 2 bridgehead atoms. The van der Waals surface area contributed by atoms with Gasteiger partial charge in [-0.15, -0.1) is 0 Å². The fourth-order valence-electron chi connectivity index (χ4n) is 4.44. The summed E-state index contributed by atoms with van der Waals surface area (Å²) in [7, 11) is 0. The maximum atomic E-state index is 12.5. The summed E-state index contributed by atoms with van der Waals surface area (Å²) in [5.41, 5.74) is 5.84. The van der Waals surface area contributed by atoms with Crippen LogP contribution in [0.1, 0.15) is 45.4 Å². The molecule has 1 saturated carbocycles. The van der Waals surface area contributed by atoms with Crippen molar-refractivity contribution in [2.24, 2.45) is 34.4 Å². The van der Waals surface area contributed by atoms with Crippen molar-refractivity contribution in [3.63, 3.8) is 0 Å². The second-order valence-electron chi connectivity index (χ2n) is 7.44. The molecule has 3 N–H and O–H groups in total. The number of nitrogens with two attached hydrogens (primary N) is 1. The molecule has 6 nitrogen and oxygen atoms in total. The Morgan fingerprint density at radius 1 is 1.16 bits per heavy atom. The van der Waals surface area contributed by atoms with Crippen molar-refractivity contribution in [2.45, 2.75) is 45.4 Å². The summed E-state index contributed by atoms with van der Waals surface area (Å²) >= 11 is 0. The van der Waals surface area contributed by atoms with Gasteiger partial charge in [-0.05, 0) is 31.1 Å². The number of aliphatic imine (C=N–C) groups is 1. The Labute approximate surface area is 149 Å². The zero-order valence-electron chi connectivity index (χ0n) is 15.1. The Morgan fingerprint density at radius 3 is 2.48 bits per heavy atom. The Morgan fingerprint density at radius 2 is 1.84 bits per heavy atom. The Kier molecular flexibility index (Phi) is 5.76. The van der Waals surface area contributed by atoms with Gasteiger partial charge in [-0.2, -0.15) is 0 Å². The monoisotopic (exact) mass is 346 g/mol. The van der Waals surface area contributed by atoms with E-state index in [1.165, 1.54) is 24.2 Å². The van der Waals surface area contributed by atoms with E-state index < -0.39 is 0 Å². The number of amides is 2. The minimum absolute atomic E-state index is 0.0258. The van der Waals surface area contributed by atoms with E-state index >= 15 is 0 Å². The van der Waals surface area contributed by atoms with Crippen LogP contribution in [-0.4, -0.2) is 42.3 Å². The summed E-state index contributed by atoms with van der Waals surface area (Å²) in [5, 5.41) is 3.11. The average Bonchev–Trinajstić information content (AvgIpc) is 3.27. The normalized spacial score (nSPS) is 30.4. The van der Waals surface area contributed by atoms with Crippen molar-refractivity contribution in [1.82, 2.24) is 10.2 Å². The maximum Gasteiger partial charge on any atom is 0.233 e. The number of rotatable bonds is 9. The highest BCUT2D eigenvalue weighted by molar-refractivity contribution is 6.06. The lowest BCUT2D eigenvalue weighted by Gasteiger charge is -2.16. The van der Waals surface area contributed by atoms with Crippen LogP contribution in [0.2, 0.25) is 0 Å². The van der Waals surface area contributed by atoms with Gasteiger partial charge in [-0.25, -0.2) is 0 Å². The van der Waals surface area contributed by atoms with E-state index in [0.29, 0.717) is 25.5 Å². The highest BCUT2D eigenvalue weighted by atomic mass is 16.2. The molecule has 4 atom stereocenters. The summed E-state index contributed by atoms with van der Waals surface area (Å²) in [6.07, 6.45) is 10.7. The smallest absolute Gasteiger partial charge is 0.233 e. The van der Waals surface area contributed by atoms with Gasteiger partial charge in [0.2, 0.25) is 11.8 Å². The predicted molar refractivity (Wildman–Crippen MR) is 97.7 cm³/mol. The molecular formula is C19H30N4O2. The molecule has 2 amide bonds. The highest BCUT2D eigenvalue weighted by Crippen LogP contribution is 2.52. The van der Waals surface area contributed by atoms with E-state index in [0.717, 1.165) is 19.4 Å². The van der Waals surface area contributed by atoms with E-state index in [2.05, 4.69) is 29.4 Å². The van der Waals surface area contributed by atoms with Crippen LogP contribution >= 0.6 is 0 Å². The zero-order valence-corrected chi connectivity index (χ0v) is 15.1. The number of likely N-dealkylation sites (tertiary alicyclic amines) is 1. The molecule has 1 heterocycles. The molecule has 0 spiro atoms. The van der Waals surface area contributed by atoms with Gasteiger partial charge in [0.25, 0.3) is 0 Å². The first-order valence-corrected chi connectivity index (χ1v) is 9.70. The molecule has 0 aromatic carbocycles. The number of fused-ring (bicyclic) bond motifs is 5. The molecule has 1 aliphatic heterocycles. The van der Waals surface area contributed by atoms with Gasteiger partial charge in [-0.1, -0.05) is 38.3 Å². The van der Waals surface area contributed by atoms with Crippen LogP contribution in [0.15, 0.2) is 17.1 Å². The standard InChI is InChI=1S/C19H30N4O2/c1-2-3-4-5-9-21-19(20)22-10-6-11-23-17(24)15-13-7-8-14(12-13)16(15)18(23)25/h7-8,13-16H,2-6,9-12H2,1H3,(H3,20,21,22). The minimum atomic E-state index is -0.0964. The van der Waals surface area contributed by atoms with Crippen LogP contribution in [0.5, 0.6) is 0 Å². The van der Waals surface area contributed by atoms with Crippen LogP contribution in [0.4, 0.5) is 0 Å². The van der Waals surface area contributed by atoms with Crippen LogP contribution in [0.3, 0.4) is 0 Å². The fraction of sp³-hybridized carbons (Fsp3) is 0.737. The SMILES string of the molecule is CCCCCCNC(N)=NCCCN1C(=O)C2C3C=CC(C3)C2C1=O. The summed E-state index contributed by atoms with van der Waals surface area (Å²) < 4.78 is 0. The summed E-state index contributed by atoms with van der Waals surface area (Å²) in [6.45, 7) is 4.02. The highest BCUT2D eigenvalue weighted by Gasteiger charge is 2.58. The van der Waals surface area contributed by atoms with Crippen LogP contribution in [0, 0.1) is 23.7 Å². The van der Waals surface area contributed by atoms with Gasteiger partial charge in [0.15, 0.2) is 5.96 Å². The molecule has 2 aliphatic carbocycles. The number of hydrogen-bond donors (Lipinski definition) is 2. The number of carbonyl (C=O) groups is 2. The molecule has 138 valence electrons. The van der Waals surface area contributed by atoms with Crippen molar-refractivity contribution < 1.29 is 9.59 Å². The molecule has 3 aliphatic rings. The molecule has 25 heavy (non-hydrogen) atoms. The van der Waals surface area contributed by atoms with Gasteiger partial charge in [0.05, 0.1) is 11.8 Å². The third kappa shape index (κ3) is 3.72.